The minimum absolute atomic E-state index is 0.0105. The van der Waals surface area contributed by atoms with Gasteiger partial charge in [0.1, 0.15) is 6.42 Å². The molecule has 0 radical (unpaired) electrons. The number of anilines is 2. The zero-order chi connectivity index (χ0) is 20.2. The van der Waals surface area contributed by atoms with Crippen LogP contribution in [0.15, 0.2) is 36.7 Å². The number of nitrogens with one attached hydrogen (secondary N) is 1. The van der Waals surface area contributed by atoms with Gasteiger partial charge in [0, 0.05) is 12.4 Å². The highest BCUT2D eigenvalue weighted by Gasteiger charge is 2.14. The van der Waals surface area contributed by atoms with E-state index in [0.29, 0.717) is 5.69 Å². The van der Waals surface area contributed by atoms with Crippen LogP contribution < -0.4 is 11.1 Å². The second-order valence-electron chi connectivity index (χ2n) is 4.71. The van der Waals surface area contributed by atoms with E-state index in [0.717, 1.165) is 0 Å². The highest BCUT2D eigenvalue weighted by molar-refractivity contribution is 6.00. The Bertz CT molecular complexity index is 863. The summed E-state index contributed by atoms with van der Waals surface area (Å²) in [6.45, 7) is 0. The Labute approximate surface area is 154 Å². The van der Waals surface area contributed by atoms with Gasteiger partial charge in [-0.1, -0.05) is 0 Å². The Kier molecular flexibility index (Phi) is 8.40. The van der Waals surface area contributed by atoms with Crippen LogP contribution in [0.4, 0.5) is 11.4 Å². The predicted octanol–water partition coefficient (Wildman–Crippen LogP) is 1.17. The summed E-state index contributed by atoms with van der Waals surface area (Å²) in [4.78, 5) is 40.8. The van der Waals surface area contributed by atoms with Crippen LogP contribution in [0.25, 0.3) is 0 Å². The molecule has 0 atom stereocenters. The molecule has 2 rings (SSSR count). The molecule has 0 aliphatic heterocycles. The number of hydrogen-bond donors (Lipinski definition) is 2. The molecule has 0 bridgehead atoms. The number of ether oxygens (including phenoxy) is 2. The summed E-state index contributed by atoms with van der Waals surface area (Å²) in [5.74, 6) is -1.66. The van der Waals surface area contributed by atoms with Crippen molar-refractivity contribution in [3.8, 4) is 6.07 Å². The van der Waals surface area contributed by atoms with Crippen LogP contribution in [0.5, 0.6) is 0 Å². The Morgan fingerprint density at radius 2 is 1.63 bits per heavy atom. The van der Waals surface area contributed by atoms with Crippen LogP contribution in [0.1, 0.15) is 27.4 Å². The van der Waals surface area contributed by atoms with Gasteiger partial charge in [-0.05, 0) is 24.3 Å². The normalized spacial score (nSPS) is 9.07. The van der Waals surface area contributed by atoms with Crippen molar-refractivity contribution in [3.63, 3.8) is 0 Å². The van der Waals surface area contributed by atoms with Gasteiger partial charge in [0.05, 0.1) is 31.7 Å². The molecule has 0 aliphatic rings. The van der Waals surface area contributed by atoms with Gasteiger partial charge < -0.3 is 20.5 Å². The number of methoxy groups -OCH3 is 2. The summed E-state index contributed by atoms with van der Waals surface area (Å²) in [6.07, 6.45) is 2.62. The molecular weight excluding hydrogens is 354 g/mol. The first-order valence-electron chi connectivity index (χ1n) is 7.43. The Balaban J connectivity index is 0.000000289. The molecule has 10 heteroatoms. The van der Waals surface area contributed by atoms with E-state index in [1.807, 2.05) is 0 Å². The topological polar surface area (TPSA) is 157 Å². The van der Waals surface area contributed by atoms with Gasteiger partial charge in [0.15, 0.2) is 11.4 Å². The van der Waals surface area contributed by atoms with Crippen molar-refractivity contribution in [2.75, 3.05) is 25.3 Å². The van der Waals surface area contributed by atoms with Crippen molar-refractivity contribution in [3.05, 3.63) is 48.0 Å². The van der Waals surface area contributed by atoms with Gasteiger partial charge >= 0.3 is 11.9 Å². The lowest BCUT2D eigenvalue weighted by molar-refractivity contribution is -0.115. The van der Waals surface area contributed by atoms with E-state index >= 15 is 0 Å². The largest absolute Gasteiger partial charge is 0.464 e. The average Bonchev–Trinajstić information content (AvgIpc) is 2.68. The Morgan fingerprint density at radius 3 is 2.19 bits per heavy atom. The highest BCUT2D eigenvalue weighted by atomic mass is 16.5. The predicted molar refractivity (Wildman–Crippen MR) is 94.4 cm³/mol. The number of rotatable bonds is 4. The van der Waals surface area contributed by atoms with Crippen LogP contribution in [0, 0.1) is 11.3 Å². The molecule has 2 aromatic rings. The standard InChI is InChI=1S/C10H9N3O3.C7H8N2O2/c1-16-10(15)9-7(3-2-6-12-9)13-8(14)4-5-11;1-11-7(10)6-5(8)3-2-4-9-6/h2-3,6H,4H2,1H3,(H,13,14);2-4H,8H2,1H3. The van der Waals surface area contributed by atoms with E-state index in [1.165, 1.54) is 32.7 Å². The third kappa shape index (κ3) is 6.43. The van der Waals surface area contributed by atoms with E-state index in [4.69, 9.17) is 11.0 Å². The molecule has 140 valence electrons. The smallest absolute Gasteiger partial charge is 0.358 e. The molecule has 2 aromatic heterocycles. The van der Waals surface area contributed by atoms with E-state index < -0.39 is 17.8 Å². The molecule has 27 heavy (non-hydrogen) atoms. The number of nitrogen functional groups attached to an aromatic ring is 1. The number of carbonyl (C=O) groups is 3. The fourth-order valence-corrected chi connectivity index (χ4v) is 1.72. The molecule has 2 heterocycles. The van der Waals surface area contributed by atoms with Crippen molar-refractivity contribution in [1.82, 2.24) is 9.97 Å². The van der Waals surface area contributed by atoms with Crippen LogP contribution in [0.2, 0.25) is 0 Å². The molecule has 0 fully saturated rings. The van der Waals surface area contributed by atoms with Crippen molar-refractivity contribution in [1.29, 1.82) is 5.26 Å². The molecule has 10 nitrogen and oxygen atoms in total. The Morgan fingerprint density at radius 1 is 1.07 bits per heavy atom. The van der Waals surface area contributed by atoms with Crippen LogP contribution in [0.3, 0.4) is 0 Å². The van der Waals surface area contributed by atoms with E-state index in [2.05, 4.69) is 24.8 Å². The summed E-state index contributed by atoms with van der Waals surface area (Å²) in [6, 6.07) is 8.03. The summed E-state index contributed by atoms with van der Waals surface area (Å²) >= 11 is 0. The first kappa shape index (κ1) is 21.0. The lowest BCUT2D eigenvalue weighted by Gasteiger charge is -2.06. The first-order valence-corrected chi connectivity index (χ1v) is 7.43. The molecule has 0 unspecified atom stereocenters. The number of carbonyl (C=O) groups excluding carboxylic acids is 3. The number of aromatic nitrogens is 2. The number of pyridine rings is 2. The Hall–Kier alpha value is -4.00. The molecule has 0 spiro atoms. The maximum Gasteiger partial charge on any atom is 0.358 e. The third-order valence-corrected chi connectivity index (χ3v) is 2.92. The zero-order valence-electron chi connectivity index (χ0n) is 14.6. The highest BCUT2D eigenvalue weighted by Crippen LogP contribution is 2.13. The van der Waals surface area contributed by atoms with Crippen LogP contribution >= 0.6 is 0 Å². The minimum atomic E-state index is -0.646. The molecule has 0 saturated carbocycles. The lowest BCUT2D eigenvalue weighted by Crippen LogP contribution is -2.15. The maximum absolute atomic E-state index is 11.3. The molecule has 0 saturated heterocycles. The van der Waals surface area contributed by atoms with E-state index in [9.17, 15) is 14.4 Å². The summed E-state index contributed by atoms with van der Waals surface area (Å²) < 4.78 is 8.94. The fraction of sp³-hybridized carbons (Fsp3) is 0.176. The van der Waals surface area contributed by atoms with Crippen molar-refractivity contribution < 1.29 is 23.9 Å². The maximum atomic E-state index is 11.3. The number of nitrogens with zero attached hydrogens (tertiary/aromatic N) is 3. The van der Waals surface area contributed by atoms with Gasteiger partial charge in [0.25, 0.3) is 0 Å². The second kappa shape index (κ2) is 10.8. The van der Waals surface area contributed by atoms with Crippen molar-refractivity contribution in [2.24, 2.45) is 0 Å². The summed E-state index contributed by atoms with van der Waals surface area (Å²) in [5.41, 5.74) is 6.17. The summed E-state index contributed by atoms with van der Waals surface area (Å²) in [5, 5.41) is 10.7. The second-order valence-corrected chi connectivity index (χ2v) is 4.71. The van der Waals surface area contributed by atoms with Gasteiger partial charge in [-0.2, -0.15) is 5.26 Å². The first-order chi connectivity index (χ1) is 12.9. The van der Waals surface area contributed by atoms with Gasteiger partial charge in [-0.3, -0.25) is 4.79 Å². The van der Waals surface area contributed by atoms with Crippen LogP contribution in [-0.2, 0) is 14.3 Å². The van der Waals surface area contributed by atoms with Crippen molar-refractivity contribution in [2.45, 2.75) is 6.42 Å². The van der Waals surface area contributed by atoms with Crippen molar-refractivity contribution >= 4 is 29.2 Å². The van der Waals surface area contributed by atoms with Gasteiger partial charge in [-0.15, -0.1) is 0 Å². The fourth-order valence-electron chi connectivity index (χ4n) is 1.72. The minimum Gasteiger partial charge on any atom is -0.464 e. The van der Waals surface area contributed by atoms with Gasteiger partial charge in [-0.25, -0.2) is 19.6 Å². The number of hydrogen-bond acceptors (Lipinski definition) is 9. The average molecular weight is 371 g/mol. The number of nitrogens with two attached hydrogens (primary N) is 1. The third-order valence-electron chi connectivity index (χ3n) is 2.92. The number of amides is 1. The number of nitriles is 1. The molecule has 0 aromatic carbocycles. The van der Waals surface area contributed by atoms with E-state index in [-0.39, 0.29) is 23.5 Å². The zero-order valence-corrected chi connectivity index (χ0v) is 14.6. The lowest BCUT2D eigenvalue weighted by atomic mass is 10.3. The van der Waals surface area contributed by atoms with Gasteiger partial charge in [0.2, 0.25) is 5.91 Å². The molecule has 0 aliphatic carbocycles. The summed E-state index contributed by atoms with van der Waals surface area (Å²) in [7, 11) is 2.51. The number of esters is 2. The molecular formula is C17H17N5O5. The quantitative estimate of drug-likeness (QED) is 0.752. The monoisotopic (exact) mass is 371 g/mol. The van der Waals surface area contributed by atoms with Crippen LogP contribution in [-0.4, -0.2) is 42.0 Å². The van der Waals surface area contributed by atoms with E-state index in [1.54, 1.807) is 24.3 Å². The SMILES string of the molecule is COC(=O)c1ncccc1N.COC(=O)c1ncccc1NC(=O)CC#N. The molecule has 1 amide bonds. The molecule has 3 N–H and O–H groups in total.